The van der Waals surface area contributed by atoms with Gasteiger partial charge in [0.05, 0.1) is 5.41 Å². The third kappa shape index (κ3) is 4.83. The highest BCUT2D eigenvalue weighted by Gasteiger charge is 2.51. The number of nitrogens with zero attached hydrogens (tertiary/aromatic N) is 3. The van der Waals surface area contributed by atoms with E-state index in [1.807, 2.05) is 36.4 Å². The first-order valence-corrected chi connectivity index (χ1v) is 20.9. The lowest BCUT2D eigenvalue weighted by Crippen LogP contribution is -2.25. The van der Waals surface area contributed by atoms with Crippen LogP contribution in [0.25, 0.3) is 99.9 Å². The fourth-order valence-corrected chi connectivity index (χ4v) is 10.6. The van der Waals surface area contributed by atoms with Crippen LogP contribution in [0, 0.1) is 0 Å². The fraction of sp³-hybridized carbons (Fsp3) is 0.0172. The monoisotopic (exact) mass is 773 g/mol. The molecule has 1 spiro atoms. The van der Waals surface area contributed by atoms with Gasteiger partial charge in [-0.3, -0.25) is 0 Å². The predicted octanol–water partition coefficient (Wildman–Crippen LogP) is 14.3. The Morgan fingerprint density at radius 3 is 1.25 bits per heavy atom. The minimum absolute atomic E-state index is 0.388. The van der Waals surface area contributed by atoms with E-state index in [0.717, 1.165) is 16.7 Å². The van der Waals surface area contributed by atoms with Crippen molar-refractivity contribution in [1.82, 2.24) is 15.0 Å². The Morgan fingerprint density at radius 1 is 0.246 bits per heavy atom. The third-order valence-electron chi connectivity index (χ3n) is 13.1. The van der Waals surface area contributed by atoms with Crippen LogP contribution in [0.3, 0.4) is 0 Å². The van der Waals surface area contributed by atoms with E-state index in [9.17, 15) is 0 Å². The van der Waals surface area contributed by atoms with Gasteiger partial charge in [0.2, 0.25) is 0 Å². The second kappa shape index (κ2) is 13.0. The van der Waals surface area contributed by atoms with E-state index < -0.39 is 0 Å². The normalized spacial score (nSPS) is 13.0. The number of benzene rings is 10. The molecule has 2 aliphatic carbocycles. The minimum Gasteiger partial charge on any atom is -0.208 e. The van der Waals surface area contributed by atoms with Crippen molar-refractivity contribution in [2.24, 2.45) is 0 Å². The highest BCUT2D eigenvalue weighted by molar-refractivity contribution is 6.26. The van der Waals surface area contributed by atoms with Crippen molar-refractivity contribution >= 4 is 32.3 Å². The SMILES string of the molecule is c1ccc(-c2nc(-c3ccccc3)nc(-c3ccc4c(c3)c3ccccc3c3ccc(-c5cccc6c5-c5ccccc5C65c6ccccc6-c6ccccc65)cc34)n2)cc1. The smallest absolute Gasteiger partial charge is 0.164 e. The Labute approximate surface area is 353 Å². The van der Waals surface area contributed by atoms with Crippen LogP contribution >= 0.6 is 0 Å². The molecule has 1 heterocycles. The summed E-state index contributed by atoms with van der Waals surface area (Å²) in [6.45, 7) is 0. The van der Waals surface area contributed by atoms with E-state index >= 15 is 0 Å². The lowest BCUT2D eigenvalue weighted by atomic mass is 9.70. The van der Waals surface area contributed by atoms with Gasteiger partial charge in [-0.25, -0.2) is 15.0 Å². The van der Waals surface area contributed by atoms with Crippen LogP contribution in [0.4, 0.5) is 0 Å². The van der Waals surface area contributed by atoms with Gasteiger partial charge in [-0.05, 0) is 100 Å². The molecule has 0 bridgehead atoms. The van der Waals surface area contributed by atoms with E-state index in [4.69, 9.17) is 15.0 Å². The van der Waals surface area contributed by atoms with Gasteiger partial charge in [0.1, 0.15) is 0 Å². The number of hydrogen-bond acceptors (Lipinski definition) is 3. The van der Waals surface area contributed by atoms with Crippen molar-refractivity contribution in [3.63, 3.8) is 0 Å². The molecule has 11 aromatic rings. The van der Waals surface area contributed by atoms with Crippen LogP contribution in [-0.2, 0) is 5.41 Å². The molecule has 0 aliphatic heterocycles. The molecule has 0 amide bonds. The zero-order valence-electron chi connectivity index (χ0n) is 33.0. The molecule has 0 saturated carbocycles. The molecule has 3 nitrogen and oxygen atoms in total. The van der Waals surface area contributed by atoms with Gasteiger partial charge in [0.15, 0.2) is 17.5 Å². The van der Waals surface area contributed by atoms with E-state index in [1.165, 1.54) is 88.0 Å². The van der Waals surface area contributed by atoms with Crippen LogP contribution in [0.2, 0.25) is 0 Å². The molecule has 0 saturated heterocycles. The summed E-state index contributed by atoms with van der Waals surface area (Å²) < 4.78 is 0. The first-order chi connectivity index (χ1) is 30.3. The summed E-state index contributed by atoms with van der Waals surface area (Å²) in [6.07, 6.45) is 0. The lowest BCUT2D eigenvalue weighted by molar-refractivity contribution is 0.794. The number of fused-ring (bicyclic) bond motifs is 16. The van der Waals surface area contributed by atoms with Gasteiger partial charge in [-0.2, -0.15) is 0 Å². The molecule has 0 radical (unpaired) electrons. The number of hydrogen-bond donors (Lipinski definition) is 0. The second-order valence-corrected chi connectivity index (χ2v) is 16.2. The summed E-state index contributed by atoms with van der Waals surface area (Å²) >= 11 is 0. The van der Waals surface area contributed by atoms with Gasteiger partial charge in [0.25, 0.3) is 0 Å². The predicted molar refractivity (Wildman–Crippen MR) is 250 cm³/mol. The van der Waals surface area contributed by atoms with Crippen LogP contribution < -0.4 is 0 Å². The molecular weight excluding hydrogens is 739 g/mol. The summed E-state index contributed by atoms with van der Waals surface area (Å²) in [5.74, 6) is 1.96. The molecule has 1 aromatic heterocycles. The highest BCUT2D eigenvalue weighted by atomic mass is 15.0. The molecule has 13 rings (SSSR count). The number of aromatic nitrogens is 3. The first-order valence-electron chi connectivity index (χ1n) is 20.9. The lowest BCUT2D eigenvalue weighted by Gasteiger charge is -2.30. The number of rotatable bonds is 4. The van der Waals surface area contributed by atoms with Gasteiger partial charge < -0.3 is 0 Å². The Balaban J connectivity index is 1.03. The van der Waals surface area contributed by atoms with Crippen LogP contribution in [0.5, 0.6) is 0 Å². The Kier molecular flexibility index (Phi) is 7.22. The summed E-state index contributed by atoms with van der Waals surface area (Å²) in [5.41, 5.74) is 15.6. The standard InChI is InChI=1S/C58H35N3/c1-3-16-36(17-4-1)55-59-56(37-18-5-2-6-19-37)61-57(60-55)39-31-33-44-48-34-38(30-32-43(48)41-20-7-8-21-42(41)49(44)35-39)40-25-15-29-53-54(40)47-24-11-14-28-52(47)58(53)50-26-12-9-22-45(50)46-23-10-13-27-51(46)58/h1-35H. The largest absolute Gasteiger partial charge is 0.208 e. The molecule has 2 aliphatic rings. The van der Waals surface area contributed by atoms with Gasteiger partial charge >= 0.3 is 0 Å². The van der Waals surface area contributed by atoms with E-state index in [1.54, 1.807) is 0 Å². The molecule has 61 heavy (non-hydrogen) atoms. The van der Waals surface area contributed by atoms with Crippen molar-refractivity contribution in [3.8, 4) is 67.5 Å². The Bertz CT molecular complexity index is 3490. The van der Waals surface area contributed by atoms with Crippen molar-refractivity contribution < 1.29 is 0 Å². The van der Waals surface area contributed by atoms with Crippen LogP contribution in [0.15, 0.2) is 212 Å². The second-order valence-electron chi connectivity index (χ2n) is 16.2. The summed E-state index contributed by atoms with van der Waals surface area (Å²) in [6, 6.07) is 77.0. The quantitative estimate of drug-likeness (QED) is 0.167. The van der Waals surface area contributed by atoms with Crippen molar-refractivity contribution in [2.75, 3.05) is 0 Å². The van der Waals surface area contributed by atoms with E-state index in [2.05, 4.69) is 176 Å². The summed E-state index contributed by atoms with van der Waals surface area (Å²) in [7, 11) is 0. The van der Waals surface area contributed by atoms with E-state index in [-0.39, 0.29) is 5.41 Å². The zero-order chi connectivity index (χ0) is 40.1. The van der Waals surface area contributed by atoms with Crippen LogP contribution in [0.1, 0.15) is 22.3 Å². The molecule has 0 fully saturated rings. The van der Waals surface area contributed by atoms with Gasteiger partial charge in [0, 0.05) is 16.7 Å². The van der Waals surface area contributed by atoms with Crippen LogP contribution in [-0.4, -0.2) is 15.0 Å². The molecule has 10 aromatic carbocycles. The van der Waals surface area contributed by atoms with Crippen molar-refractivity contribution in [2.45, 2.75) is 5.41 Å². The maximum absolute atomic E-state index is 5.09. The molecule has 0 N–H and O–H groups in total. The maximum Gasteiger partial charge on any atom is 0.164 e. The molecular formula is C58H35N3. The third-order valence-corrected chi connectivity index (χ3v) is 13.1. The molecule has 0 atom stereocenters. The van der Waals surface area contributed by atoms with Gasteiger partial charge in [-0.15, -0.1) is 0 Å². The van der Waals surface area contributed by atoms with E-state index in [0.29, 0.717) is 17.5 Å². The molecule has 0 unspecified atom stereocenters. The molecule has 282 valence electrons. The zero-order valence-corrected chi connectivity index (χ0v) is 33.0. The van der Waals surface area contributed by atoms with Gasteiger partial charge in [-0.1, -0.05) is 200 Å². The fourth-order valence-electron chi connectivity index (χ4n) is 10.6. The topological polar surface area (TPSA) is 38.7 Å². The van der Waals surface area contributed by atoms with Crippen molar-refractivity contribution in [1.29, 1.82) is 0 Å². The molecule has 3 heteroatoms. The average molecular weight is 774 g/mol. The minimum atomic E-state index is -0.388. The Hall–Kier alpha value is -8.01. The Morgan fingerprint density at radius 2 is 0.639 bits per heavy atom. The summed E-state index contributed by atoms with van der Waals surface area (Å²) in [4.78, 5) is 15.1. The first kappa shape index (κ1) is 33.9. The highest BCUT2D eigenvalue weighted by Crippen LogP contribution is 2.64. The average Bonchev–Trinajstić information content (AvgIpc) is 3.82. The van der Waals surface area contributed by atoms with Crippen molar-refractivity contribution in [3.05, 3.63) is 235 Å². The maximum atomic E-state index is 5.09. The summed E-state index contributed by atoms with van der Waals surface area (Å²) in [5, 5.41) is 7.25.